The fourth-order valence-electron chi connectivity index (χ4n) is 2.40. The molecule has 0 aliphatic rings. The number of hydrogen-bond acceptors (Lipinski definition) is 6. The highest BCUT2D eigenvalue weighted by atomic mass is 35.5. The molecule has 0 aliphatic carbocycles. The van der Waals surface area contributed by atoms with Crippen LogP contribution >= 0.6 is 23.2 Å². The first kappa shape index (κ1) is 22.4. The minimum atomic E-state index is -4.87. The Kier molecular flexibility index (Phi) is 6.71. The number of benzene rings is 2. The first-order chi connectivity index (χ1) is 14.7. The van der Waals surface area contributed by atoms with Gasteiger partial charge in [0.1, 0.15) is 17.8 Å². The second-order valence-corrected chi connectivity index (χ2v) is 6.62. The summed E-state index contributed by atoms with van der Waals surface area (Å²) in [5.41, 5.74) is 0.312. The van der Waals surface area contributed by atoms with Crippen LogP contribution in [0.4, 0.5) is 18.9 Å². The highest BCUT2D eigenvalue weighted by Gasteiger charge is 2.31. The predicted octanol–water partition coefficient (Wildman–Crippen LogP) is 5.74. The van der Waals surface area contributed by atoms with Crippen LogP contribution in [0.15, 0.2) is 49.1 Å². The van der Waals surface area contributed by atoms with Gasteiger partial charge in [-0.1, -0.05) is 23.2 Å². The van der Waals surface area contributed by atoms with Crippen LogP contribution < -0.4 is 19.5 Å². The SMILES string of the molecule is COc1cc(OC(F)(F)F)ccc1Oc1cc(Cl)c(Cl)cc1C(=O)Nc1cncnc1. The van der Waals surface area contributed by atoms with E-state index in [1.165, 1.54) is 44.0 Å². The summed E-state index contributed by atoms with van der Waals surface area (Å²) in [6.45, 7) is 0. The first-order valence-corrected chi connectivity index (χ1v) is 9.09. The summed E-state index contributed by atoms with van der Waals surface area (Å²) in [4.78, 5) is 20.3. The van der Waals surface area contributed by atoms with Gasteiger partial charge >= 0.3 is 6.36 Å². The highest BCUT2D eigenvalue weighted by molar-refractivity contribution is 6.42. The molecule has 1 heterocycles. The maximum Gasteiger partial charge on any atom is 0.573 e. The summed E-state index contributed by atoms with van der Waals surface area (Å²) < 4.78 is 52.0. The van der Waals surface area contributed by atoms with E-state index in [2.05, 4.69) is 20.0 Å². The van der Waals surface area contributed by atoms with E-state index in [1.54, 1.807) is 0 Å². The van der Waals surface area contributed by atoms with Crippen LogP contribution in [-0.4, -0.2) is 29.3 Å². The largest absolute Gasteiger partial charge is 0.573 e. The minimum absolute atomic E-state index is 0.00377. The molecule has 0 saturated carbocycles. The van der Waals surface area contributed by atoms with Crippen LogP contribution in [-0.2, 0) is 0 Å². The van der Waals surface area contributed by atoms with Gasteiger partial charge in [0, 0.05) is 12.1 Å². The van der Waals surface area contributed by atoms with E-state index in [-0.39, 0.29) is 32.9 Å². The molecule has 0 unspecified atom stereocenters. The summed E-state index contributed by atoms with van der Waals surface area (Å²) in [6, 6.07) is 5.78. The maximum absolute atomic E-state index is 12.7. The second kappa shape index (κ2) is 9.27. The molecule has 0 saturated heterocycles. The molecule has 1 N–H and O–H groups in total. The highest BCUT2D eigenvalue weighted by Crippen LogP contribution is 2.39. The lowest BCUT2D eigenvalue weighted by molar-refractivity contribution is -0.274. The number of carbonyl (C=O) groups is 1. The fourth-order valence-corrected chi connectivity index (χ4v) is 2.72. The molecule has 1 amide bonds. The Morgan fingerprint density at radius 2 is 1.68 bits per heavy atom. The molecule has 0 aliphatic heterocycles. The van der Waals surface area contributed by atoms with Crippen LogP contribution in [0.3, 0.4) is 0 Å². The molecule has 0 bridgehead atoms. The lowest BCUT2D eigenvalue weighted by atomic mass is 10.1. The zero-order valence-corrected chi connectivity index (χ0v) is 17.0. The zero-order valence-electron chi connectivity index (χ0n) is 15.5. The smallest absolute Gasteiger partial charge is 0.493 e. The van der Waals surface area contributed by atoms with Crippen LogP contribution in [0.1, 0.15) is 10.4 Å². The Labute approximate surface area is 183 Å². The summed E-state index contributed by atoms with van der Waals surface area (Å²) in [7, 11) is 1.23. The van der Waals surface area contributed by atoms with Crippen molar-refractivity contribution >= 4 is 34.8 Å². The molecule has 1 aromatic heterocycles. The average molecular weight is 474 g/mol. The van der Waals surface area contributed by atoms with Crippen LogP contribution in [0, 0.1) is 0 Å². The summed E-state index contributed by atoms with van der Waals surface area (Å²) in [5, 5.41) is 2.75. The molecule has 0 fully saturated rings. The Bertz CT molecular complexity index is 1100. The molecule has 7 nitrogen and oxygen atoms in total. The molecule has 0 spiro atoms. The lowest BCUT2D eigenvalue weighted by Crippen LogP contribution is -2.17. The summed E-state index contributed by atoms with van der Waals surface area (Å²) in [6.07, 6.45) is -0.817. The van der Waals surface area contributed by atoms with Gasteiger partial charge in [-0.25, -0.2) is 9.97 Å². The van der Waals surface area contributed by atoms with Gasteiger partial charge in [0.25, 0.3) is 5.91 Å². The second-order valence-electron chi connectivity index (χ2n) is 5.81. The molecule has 0 radical (unpaired) electrons. The molecule has 162 valence electrons. The minimum Gasteiger partial charge on any atom is -0.493 e. The van der Waals surface area contributed by atoms with Crippen molar-refractivity contribution < 1.29 is 32.2 Å². The molecule has 0 atom stereocenters. The number of rotatable bonds is 6. The third-order valence-corrected chi connectivity index (χ3v) is 4.40. The van der Waals surface area contributed by atoms with Crippen LogP contribution in [0.25, 0.3) is 0 Å². The molecule has 3 rings (SSSR count). The quantitative estimate of drug-likeness (QED) is 0.491. The van der Waals surface area contributed by atoms with Gasteiger partial charge < -0.3 is 19.5 Å². The van der Waals surface area contributed by atoms with Crippen molar-refractivity contribution in [2.45, 2.75) is 6.36 Å². The normalized spacial score (nSPS) is 11.0. The van der Waals surface area contributed by atoms with Crippen molar-refractivity contribution in [1.29, 1.82) is 0 Å². The van der Waals surface area contributed by atoms with E-state index in [4.69, 9.17) is 32.7 Å². The van der Waals surface area contributed by atoms with Crippen molar-refractivity contribution in [3.05, 3.63) is 64.7 Å². The van der Waals surface area contributed by atoms with Crippen LogP contribution in [0.2, 0.25) is 10.0 Å². The number of ether oxygens (including phenoxy) is 3. The average Bonchev–Trinajstić information content (AvgIpc) is 2.71. The molecule has 2 aromatic carbocycles. The monoisotopic (exact) mass is 473 g/mol. The van der Waals surface area contributed by atoms with Gasteiger partial charge in [0.2, 0.25) is 0 Å². The van der Waals surface area contributed by atoms with Crippen molar-refractivity contribution in [2.75, 3.05) is 12.4 Å². The number of aromatic nitrogens is 2. The molecule has 12 heteroatoms. The van der Waals surface area contributed by atoms with E-state index < -0.39 is 18.0 Å². The number of nitrogens with one attached hydrogen (secondary N) is 1. The molecule has 3 aromatic rings. The van der Waals surface area contributed by atoms with Gasteiger partial charge in [-0.05, 0) is 18.2 Å². The summed E-state index contributed by atoms with van der Waals surface area (Å²) in [5.74, 6) is -1.21. The Balaban J connectivity index is 1.94. The number of halogens is 5. The molecular weight excluding hydrogens is 462 g/mol. The van der Waals surface area contributed by atoms with Gasteiger partial charge in [0.05, 0.1) is 40.8 Å². The number of alkyl halides is 3. The van der Waals surface area contributed by atoms with Crippen molar-refractivity contribution in [1.82, 2.24) is 9.97 Å². The van der Waals surface area contributed by atoms with Crippen LogP contribution in [0.5, 0.6) is 23.0 Å². The van der Waals surface area contributed by atoms with E-state index in [9.17, 15) is 18.0 Å². The van der Waals surface area contributed by atoms with Gasteiger partial charge in [-0.2, -0.15) is 0 Å². The molecular formula is C19H12Cl2F3N3O4. The van der Waals surface area contributed by atoms with Gasteiger partial charge in [-0.15, -0.1) is 13.2 Å². The van der Waals surface area contributed by atoms with Gasteiger partial charge in [-0.3, -0.25) is 4.79 Å². The lowest BCUT2D eigenvalue weighted by Gasteiger charge is -2.16. The van der Waals surface area contributed by atoms with E-state index in [0.717, 1.165) is 12.1 Å². The fraction of sp³-hybridized carbons (Fsp3) is 0.105. The number of anilines is 1. The Morgan fingerprint density at radius 1 is 1.00 bits per heavy atom. The first-order valence-electron chi connectivity index (χ1n) is 8.33. The van der Waals surface area contributed by atoms with Gasteiger partial charge in [0.15, 0.2) is 11.5 Å². The van der Waals surface area contributed by atoms with Crippen molar-refractivity contribution in [3.63, 3.8) is 0 Å². The zero-order chi connectivity index (χ0) is 22.6. The molecule has 31 heavy (non-hydrogen) atoms. The third-order valence-electron chi connectivity index (χ3n) is 3.67. The topological polar surface area (TPSA) is 82.6 Å². The maximum atomic E-state index is 12.7. The number of amides is 1. The Morgan fingerprint density at radius 3 is 2.32 bits per heavy atom. The Hall–Kier alpha value is -3.24. The number of methoxy groups -OCH3 is 1. The van der Waals surface area contributed by atoms with Crippen molar-refractivity contribution in [3.8, 4) is 23.0 Å². The van der Waals surface area contributed by atoms with E-state index >= 15 is 0 Å². The van der Waals surface area contributed by atoms with Crippen molar-refractivity contribution in [2.24, 2.45) is 0 Å². The summed E-state index contributed by atoms with van der Waals surface area (Å²) >= 11 is 12.1. The standard InChI is InChI=1S/C19H12Cl2F3N3O4/c1-29-17-4-11(31-19(22,23)24)2-3-15(17)30-16-6-14(21)13(20)5-12(16)18(28)27-10-7-25-9-26-8-10/h2-9H,1H3,(H,27,28). The van der Waals surface area contributed by atoms with E-state index in [1.807, 2.05) is 0 Å². The third kappa shape index (κ3) is 5.89. The predicted molar refractivity (Wildman–Crippen MR) is 106 cm³/mol. The number of carbonyl (C=O) groups excluding carboxylic acids is 1. The van der Waals surface area contributed by atoms with E-state index in [0.29, 0.717) is 5.69 Å². The number of nitrogens with zero attached hydrogens (tertiary/aromatic N) is 2. The number of hydrogen-bond donors (Lipinski definition) is 1.